The number of nitrogens with one attached hydrogen (secondary N) is 1. The Morgan fingerprint density at radius 1 is 1.50 bits per heavy atom. The molecule has 0 aromatic heterocycles. The fourth-order valence-corrected chi connectivity index (χ4v) is 3.61. The highest BCUT2D eigenvalue weighted by Gasteiger charge is 2.32. The first-order valence-electron chi connectivity index (χ1n) is 6.73. The number of halogens is 1. The molecule has 0 spiro atoms. The molecule has 20 heavy (non-hydrogen) atoms. The monoisotopic (exact) mass is 339 g/mol. The summed E-state index contributed by atoms with van der Waals surface area (Å²) in [6.07, 6.45) is 1.21. The summed E-state index contributed by atoms with van der Waals surface area (Å²) in [4.78, 5) is 13.9. The van der Waals surface area contributed by atoms with Crippen LogP contribution < -0.4 is 16.0 Å². The van der Waals surface area contributed by atoms with Gasteiger partial charge in [0.05, 0.1) is 17.8 Å². The lowest BCUT2D eigenvalue weighted by Gasteiger charge is -2.30. The molecule has 2 heterocycles. The second-order valence-electron chi connectivity index (χ2n) is 5.40. The molecule has 108 valence electrons. The number of hydrogen-bond donors (Lipinski definition) is 2. The lowest BCUT2D eigenvalue weighted by molar-refractivity contribution is -0.116. The fraction of sp³-hybridized carbons (Fsp3) is 0.500. The minimum atomic E-state index is -0.575. The topological polar surface area (TPSA) is 67.6 Å². The number of amides is 1. The predicted molar refractivity (Wildman–Crippen MR) is 81.9 cm³/mol. The summed E-state index contributed by atoms with van der Waals surface area (Å²) in [7, 11) is 2.05. The molecule has 0 aliphatic carbocycles. The van der Waals surface area contributed by atoms with Crippen LogP contribution in [0.5, 0.6) is 0 Å². The van der Waals surface area contributed by atoms with Crippen molar-refractivity contribution in [1.29, 1.82) is 0 Å². The third-order valence-electron chi connectivity index (χ3n) is 4.21. The van der Waals surface area contributed by atoms with E-state index in [1.54, 1.807) is 0 Å². The minimum absolute atomic E-state index is 0.149. The van der Waals surface area contributed by atoms with E-state index in [2.05, 4.69) is 40.1 Å². The van der Waals surface area contributed by atoms with Crippen LogP contribution in [0.25, 0.3) is 0 Å². The van der Waals surface area contributed by atoms with Crippen molar-refractivity contribution < 1.29 is 9.53 Å². The van der Waals surface area contributed by atoms with Gasteiger partial charge in [0, 0.05) is 29.4 Å². The molecular formula is C14H18BrN3O2. The fourth-order valence-electron chi connectivity index (χ4n) is 2.97. The van der Waals surface area contributed by atoms with Gasteiger partial charge in [-0.05, 0) is 41.4 Å². The van der Waals surface area contributed by atoms with Crippen molar-refractivity contribution in [2.45, 2.75) is 31.5 Å². The molecule has 2 aliphatic rings. The second-order valence-corrected chi connectivity index (χ2v) is 6.25. The van der Waals surface area contributed by atoms with Crippen molar-refractivity contribution in [2.24, 2.45) is 5.73 Å². The van der Waals surface area contributed by atoms with E-state index in [0.29, 0.717) is 6.04 Å². The number of ether oxygens (including phenoxy) is 1. The van der Waals surface area contributed by atoms with Crippen molar-refractivity contribution in [2.75, 3.05) is 23.9 Å². The maximum atomic E-state index is 11.6. The van der Waals surface area contributed by atoms with Crippen molar-refractivity contribution in [3.05, 3.63) is 22.2 Å². The summed E-state index contributed by atoms with van der Waals surface area (Å²) >= 11 is 3.59. The highest BCUT2D eigenvalue weighted by Crippen LogP contribution is 2.39. The molecule has 3 N–H and O–H groups in total. The highest BCUT2D eigenvalue weighted by atomic mass is 79.9. The van der Waals surface area contributed by atoms with Crippen molar-refractivity contribution in [3.63, 3.8) is 0 Å². The van der Waals surface area contributed by atoms with Gasteiger partial charge in [0.2, 0.25) is 5.91 Å². The highest BCUT2D eigenvalue weighted by molar-refractivity contribution is 9.10. The molecule has 1 amide bonds. The number of likely N-dealkylation sites (N-methyl/N-ethyl adjacent to an activating group) is 1. The quantitative estimate of drug-likeness (QED) is 0.864. The van der Waals surface area contributed by atoms with E-state index in [1.807, 2.05) is 12.1 Å². The van der Waals surface area contributed by atoms with Gasteiger partial charge in [-0.3, -0.25) is 4.79 Å². The molecule has 6 heteroatoms. The number of rotatable bonds is 2. The van der Waals surface area contributed by atoms with Crippen LogP contribution in [0.15, 0.2) is 16.6 Å². The first-order valence-corrected chi connectivity index (χ1v) is 7.52. The van der Waals surface area contributed by atoms with Gasteiger partial charge in [0.1, 0.15) is 6.04 Å². The molecule has 0 bridgehead atoms. The van der Waals surface area contributed by atoms with E-state index in [1.165, 1.54) is 0 Å². The molecule has 3 rings (SSSR count). The van der Waals surface area contributed by atoms with Crippen LogP contribution in [0.4, 0.5) is 11.4 Å². The largest absolute Gasteiger partial charge is 0.376 e. The van der Waals surface area contributed by atoms with Gasteiger partial charge >= 0.3 is 0 Å². The molecule has 0 saturated carbocycles. The number of carbonyl (C=O) groups excluding carboxylic acids is 1. The normalized spacial score (nSPS) is 28.4. The maximum absolute atomic E-state index is 11.6. The van der Waals surface area contributed by atoms with Crippen LogP contribution in [0.2, 0.25) is 0 Å². The Hall–Kier alpha value is -1.11. The van der Waals surface area contributed by atoms with Gasteiger partial charge < -0.3 is 20.7 Å². The first kappa shape index (κ1) is 13.9. The van der Waals surface area contributed by atoms with E-state index < -0.39 is 6.04 Å². The van der Waals surface area contributed by atoms with Crippen LogP contribution in [-0.2, 0) is 9.53 Å². The number of anilines is 2. The van der Waals surface area contributed by atoms with Crippen molar-refractivity contribution in [3.8, 4) is 0 Å². The van der Waals surface area contributed by atoms with Crippen molar-refractivity contribution in [1.82, 2.24) is 0 Å². The van der Waals surface area contributed by atoms with Crippen LogP contribution in [0, 0.1) is 0 Å². The standard InChI is InChI=1S/C14H18BrN3O2/c1-7-11(3-4-20-7)18(2)12-6-10-8(5-9(12)15)13(16)14(19)17-10/h5-7,11,13H,3-4,16H2,1-2H3,(H,17,19). The van der Waals surface area contributed by atoms with E-state index in [4.69, 9.17) is 10.5 Å². The minimum Gasteiger partial charge on any atom is -0.376 e. The van der Waals surface area contributed by atoms with Crippen LogP contribution in [-0.4, -0.2) is 31.7 Å². The summed E-state index contributed by atoms with van der Waals surface area (Å²) < 4.78 is 6.58. The van der Waals surface area contributed by atoms with Gasteiger partial charge in [-0.25, -0.2) is 0 Å². The summed E-state index contributed by atoms with van der Waals surface area (Å²) in [5, 5.41) is 2.83. The van der Waals surface area contributed by atoms with Gasteiger partial charge in [0.15, 0.2) is 0 Å². The molecule has 3 atom stereocenters. The van der Waals surface area contributed by atoms with Gasteiger partial charge in [0.25, 0.3) is 0 Å². The zero-order valence-corrected chi connectivity index (χ0v) is 13.1. The SMILES string of the molecule is CC1OCCC1N(C)c1cc2c(cc1Br)C(N)C(=O)N2. The second kappa shape index (κ2) is 5.02. The van der Waals surface area contributed by atoms with E-state index in [0.717, 1.165) is 34.4 Å². The lowest BCUT2D eigenvalue weighted by Crippen LogP contribution is -2.37. The Balaban J connectivity index is 1.95. The Labute approximate surface area is 126 Å². The Morgan fingerprint density at radius 2 is 2.25 bits per heavy atom. The number of hydrogen-bond acceptors (Lipinski definition) is 4. The Bertz CT molecular complexity index is 564. The zero-order chi connectivity index (χ0) is 14.4. The van der Waals surface area contributed by atoms with Crippen molar-refractivity contribution >= 4 is 33.2 Å². The maximum Gasteiger partial charge on any atom is 0.245 e. The molecular weight excluding hydrogens is 322 g/mol. The third kappa shape index (κ3) is 2.12. The summed E-state index contributed by atoms with van der Waals surface area (Å²) in [5.41, 5.74) is 8.55. The third-order valence-corrected chi connectivity index (χ3v) is 4.84. The first-order chi connectivity index (χ1) is 9.49. The van der Waals surface area contributed by atoms with Gasteiger partial charge in [-0.1, -0.05) is 0 Å². The average Bonchev–Trinajstić information content (AvgIpc) is 2.94. The zero-order valence-electron chi connectivity index (χ0n) is 11.5. The van der Waals surface area contributed by atoms with Crippen LogP contribution in [0.1, 0.15) is 24.9 Å². The van der Waals surface area contributed by atoms with Crippen LogP contribution >= 0.6 is 15.9 Å². The molecule has 1 saturated heterocycles. The van der Waals surface area contributed by atoms with E-state index >= 15 is 0 Å². The summed E-state index contributed by atoms with van der Waals surface area (Å²) in [5.74, 6) is -0.149. The number of nitrogens with two attached hydrogens (primary N) is 1. The van der Waals surface area contributed by atoms with Gasteiger partial charge in [-0.15, -0.1) is 0 Å². The molecule has 1 aromatic rings. The molecule has 1 aromatic carbocycles. The number of nitrogens with zero attached hydrogens (tertiary/aromatic N) is 1. The number of carbonyl (C=O) groups is 1. The summed E-state index contributed by atoms with van der Waals surface area (Å²) in [6, 6.07) is 3.68. The Morgan fingerprint density at radius 3 is 2.90 bits per heavy atom. The predicted octanol–water partition coefficient (Wildman–Crippen LogP) is 2.01. The average molecular weight is 340 g/mol. The molecule has 2 aliphatic heterocycles. The summed E-state index contributed by atoms with van der Waals surface area (Å²) in [6.45, 7) is 2.88. The van der Waals surface area contributed by atoms with Gasteiger partial charge in [-0.2, -0.15) is 0 Å². The van der Waals surface area contributed by atoms with E-state index in [9.17, 15) is 4.79 Å². The smallest absolute Gasteiger partial charge is 0.245 e. The van der Waals surface area contributed by atoms with E-state index in [-0.39, 0.29) is 12.0 Å². The lowest BCUT2D eigenvalue weighted by atomic mass is 10.1. The molecule has 0 radical (unpaired) electrons. The van der Waals surface area contributed by atoms with Crippen LogP contribution in [0.3, 0.4) is 0 Å². The number of benzene rings is 1. The molecule has 3 unspecified atom stereocenters. The molecule has 1 fully saturated rings. The Kier molecular flexibility index (Phi) is 3.48. The molecule has 5 nitrogen and oxygen atoms in total. The number of fused-ring (bicyclic) bond motifs is 1.